The fourth-order valence-electron chi connectivity index (χ4n) is 1.43. The van der Waals surface area contributed by atoms with Crippen molar-refractivity contribution >= 4 is 28.5 Å². The van der Waals surface area contributed by atoms with Gasteiger partial charge in [-0.1, -0.05) is 17.7 Å². The lowest BCUT2D eigenvalue weighted by Crippen LogP contribution is -1.97. The van der Waals surface area contributed by atoms with Crippen molar-refractivity contribution in [3.63, 3.8) is 0 Å². The van der Waals surface area contributed by atoms with Crippen LogP contribution < -0.4 is 0 Å². The van der Waals surface area contributed by atoms with Crippen LogP contribution in [0.15, 0.2) is 18.2 Å². The molecular weight excluding hydrogens is 216 g/mol. The molecule has 4 nitrogen and oxygen atoms in total. The first-order valence-electron chi connectivity index (χ1n) is 4.51. The number of hydrogen-bond acceptors (Lipinski definition) is 2. The van der Waals surface area contributed by atoms with Gasteiger partial charge in [-0.3, -0.25) is 9.89 Å². The fraction of sp³-hybridized carbons (Fsp3) is 0.200. The molecule has 0 aliphatic rings. The second kappa shape index (κ2) is 3.90. The Morgan fingerprint density at radius 1 is 1.53 bits per heavy atom. The van der Waals surface area contributed by atoms with Crippen molar-refractivity contribution in [2.75, 3.05) is 0 Å². The molecule has 0 fully saturated rings. The molecule has 0 saturated heterocycles. The summed E-state index contributed by atoms with van der Waals surface area (Å²) in [7, 11) is 0. The number of aliphatic carboxylic acids is 1. The van der Waals surface area contributed by atoms with Gasteiger partial charge in [0, 0.05) is 11.8 Å². The third-order valence-corrected chi connectivity index (χ3v) is 2.49. The fourth-order valence-corrected chi connectivity index (χ4v) is 1.63. The lowest BCUT2D eigenvalue weighted by molar-refractivity contribution is -0.136. The van der Waals surface area contributed by atoms with Gasteiger partial charge in [-0.25, -0.2) is 0 Å². The standard InChI is InChI=1S/C10H9ClN2O2/c11-10-7-5-6(2-4-9(14)15)1-3-8(7)12-13-10/h1,3,5H,2,4H2,(H,12,13)(H,14,15). The number of halogens is 1. The summed E-state index contributed by atoms with van der Waals surface area (Å²) in [5, 5.41) is 16.5. The molecular formula is C10H9ClN2O2. The van der Waals surface area contributed by atoms with E-state index in [-0.39, 0.29) is 6.42 Å². The Balaban J connectivity index is 2.29. The maximum atomic E-state index is 10.4. The molecule has 78 valence electrons. The van der Waals surface area contributed by atoms with Crippen molar-refractivity contribution in [3.8, 4) is 0 Å². The number of nitrogens with one attached hydrogen (secondary N) is 1. The molecule has 15 heavy (non-hydrogen) atoms. The van der Waals surface area contributed by atoms with Gasteiger partial charge in [0.05, 0.1) is 5.52 Å². The van der Waals surface area contributed by atoms with E-state index >= 15 is 0 Å². The zero-order chi connectivity index (χ0) is 10.8. The highest BCUT2D eigenvalue weighted by atomic mass is 35.5. The lowest BCUT2D eigenvalue weighted by atomic mass is 10.1. The van der Waals surface area contributed by atoms with Crippen molar-refractivity contribution in [1.29, 1.82) is 0 Å². The molecule has 0 aliphatic heterocycles. The van der Waals surface area contributed by atoms with E-state index in [4.69, 9.17) is 16.7 Å². The summed E-state index contributed by atoms with van der Waals surface area (Å²) in [4.78, 5) is 10.4. The number of nitrogens with zero attached hydrogens (tertiary/aromatic N) is 1. The Morgan fingerprint density at radius 2 is 2.33 bits per heavy atom. The average molecular weight is 225 g/mol. The Bertz CT molecular complexity index is 507. The highest BCUT2D eigenvalue weighted by molar-refractivity contribution is 6.34. The summed E-state index contributed by atoms with van der Waals surface area (Å²) >= 11 is 5.87. The van der Waals surface area contributed by atoms with Crippen LogP contribution in [0.2, 0.25) is 5.15 Å². The number of carboxylic acids is 1. The first-order chi connectivity index (χ1) is 7.16. The minimum Gasteiger partial charge on any atom is -0.481 e. The smallest absolute Gasteiger partial charge is 0.303 e. The minimum absolute atomic E-state index is 0.126. The van der Waals surface area contributed by atoms with Gasteiger partial charge in [0.1, 0.15) is 5.15 Å². The second-order valence-corrected chi connectivity index (χ2v) is 3.66. The number of fused-ring (bicyclic) bond motifs is 1. The number of benzene rings is 1. The van der Waals surface area contributed by atoms with Crippen LogP contribution in [-0.2, 0) is 11.2 Å². The summed E-state index contributed by atoms with van der Waals surface area (Å²) in [5.74, 6) is -0.798. The Kier molecular flexibility index (Phi) is 2.60. The maximum Gasteiger partial charge on any atom is 0.303 e. The Labute approximate surface area is 90.9 Å². The van der Waals surface area contributed by atoms with E-state index in [0.717, 1.165) is 16.5 Å². The van der Waals surface area contributed by atoms with E-state index in [1.807, 2.05) is 18.2 Å². The molecule has 0 spiro atoms. The normalized spacial score (nSPS) is 10.7. The third-order valence-electron chi connectivity index (χ3n) is 2.20. The van der Waals surface area contributed by atoms with E-state index in [1.54, 1.807) is 0 Å². The summed E-state index contributed by atoms with van der Waals surface area (Å²) in [6.45, 7) is 0. The highest BCUT2D eigenvalue weighted by Gasteiger charge is 2.05. The third kappa shape index (κ3) is 2.10. The van der Waals surface area contributed by atoms with Crippen LogP contribution in [0.1, 0.15) is 12.0 Å². The number of carboxylic acid groups (broad SMARTS) is 1. The number of hydrogen-bond donors (Lipinski definition) is 2. The number of aryl methyl sites for hydroxylation is 1. The largest absolute Gasteiger partial charge is 0.481 e. The van der Waals surface area contributed by atoms with Crippen molar-refractivity contribution in [3.05, 3.63) is 28.9 Å². The molecule has 5 heteroatoms. The van der Waals surface area contributed by atoms with E-state index in [2.05, 4.69) is 10.2 Å². The van der Waals surface area contributed by atoms with E-state index in [1.165, 1.54) is 0 Å². The summed E-state index contributed by atoms with van der Waals surface area (Å²) < 4.78 is 0. The minimum atomic E-state index is -0.798. The molecule has 0 atom stereocenters. The highest BCUT2D eigenvalue weighted by Crippen LogP contribution is 2.21. The molecule has 0 aliphatic carbocycles. The van der Waals surface area contributed by atoms with Crippen LogP contribution in [0.25, 0.3) is 10.9 Å². The predicted molar refractivity (Wildman–Crippen MR) is 57.1 cm³/mol. The quantitative estimate of drug-likeness (QED) is 0.840. The molecule has 0 bridgehead atoms. The van der Waals surface area contributed by atoms with Crippen LogP contribution >= 0.6 is 11.6 Å². The molecule has 0 saturated carbocycles. The Morgan fingerprint density at radius 3 is 3.07 bits per heavy atom. The molecule has 2 aromatic rings. The number of rotatable bonds is 3. The number of H-pyrrole nitrogens is 1. The second-order valence-electron chi connectivity index (χ2n) is 3.28. The van der Waals surface area contributed by atoms with Crippen LogP contribution in [0, 0.1) is 0 Å². The monoisotopic (exact) mass is 224 g/mol. The zero-order valence-corrected chi connectivity index (χ0v) is 8.58. The predicted octanol–water partition coefficient (Wildman–Crippen LogP) is 2.23. The SMILES string of the molecule is O=C(O)CCc1ccc2n[nH]c(Cl)c2c1. The molecule has 2 rings (SSSR count). The van der Waals surface area contributed by atoms with Gasteiger partial charge in [-0.15, -0.1) is 0 Å². The van der Waals surface area contributed by atoms with Crippen molar-refractivity contribution in [2.45, 2.75) is 12.8 Å². The van der Waals surface area contributed by atoms with Gasteiger partial charge in [-0.2, -0.15) is 5.10 Å². The van der Waals surface area contributed by atoms with Crippen LogP contribution in [0.3, 0.4) is 0 Å². The van der Waals surface area contributed by atoms with Crippen LogP contribution in [-0.4, -0.2) is 21.3 Å². The van der Waals surface area contributed by atoms with Gasteiger partial charge >= 0.3 is 5.97 Å². The van der Waals surface area contributed by atoms with Crippen LogP contribution in [0.4, 0.5) is 0 Å². The van der Waals surface area contributed by atoms with Gasteiger partial charge in [0.2, 0.25) is 0 Å². The van der Waals surface area contributed by atoms with Gasteiger partial charge < -0.3 is 5.11 Å². The number of aromatic amines is 1. The molecule has 2 N–H and O–H groups in total. The molecule has 0 radical (unpaired) electrons. The molecule has 1 aromatic heterocycles. The van der Waals surface area contributed by atoms with Gasteiger partial charge in [-0.05, 0) is 24.1 Å². The van der Waals surface area contributed by atoms with E-state index in [9.17, 15) is 4.79 Å². The zero-order valence-electron chi connectivity index (χ0n) is 7.83. The maximum absolute atomic E-state index is 10.4. The molecule has 0 unspecified atom stereocenters. The van der Waals surface area contributed by atoms with E-state index in [0.29, 0.717) is 11.6 Å². The summed E-state index contributed by atoms with van der Waals surface area (Å²) in [6.07, 6.45) is 0.633. The van der Waals surface area contributed by atoms with Gasteiger partial charge in [0.15, 0.2) is 0 Å². The average Bonchev–Trinajstić information content (AvgIpc) is 2.57. The van der Waals surface area contributed by atoms with Crippen molar-refractivity contribution in [2.24, 2.45) is 0 Å². The number of aromatic nitrogens is 2. The topological polar surface area (TPSA) is 66.0 Å². The Hall–Kier alpha value is -1.55. The first-order valence-corrected chi connectivity index (χ1v) is 4.89. The van der Waals surface area contributed by atoms with E-state index < -0.39 is 5.97 Å². The molecule has 1 heterocycles. The van der Waals surface area contributed by atoms with Crippen molar-refractivity contribution < 1.29 is 9.90 Å². The van der Waals surface area contributed by atoms with Crippen molar-refractivity contribution in [1.82, 2.24) is 10.2 Å². The summed E-state index contributed by atoms with van der Waals surface area (Å²) in [5.41, 5.74) is 1.74. The molecule has 1 aromatic carbocycles. The number of carbonyl (C=O) groups is 1. The molecule has 0 amide bonds. The van der Waals surface area contributed by atoms with Crippen LogP contribution in [0.5, 0.6) is 0 Å². The first kappa shape index (κ1) is 9.98. The summed E-state index contributed by atoms with van der Waals surface area (Å²) in [6, 6.07) is 5.56. The lowest BCUT2D eigenvalue weighted by Gasteiger charge is -1.98. The van der Waals surface area contributed by atoms with Gasteiger partial charge in [0.25, 0.3) is 0 Å².